The first-order chi connectivity index (χ1) is 16.6. The Morgan fingerprint density at radius 3 is 2.47 bits per heavy atom. The highest BCUT2D eigenvalue weighted by molar-refractivity contribution is 6.00. The van der Waals surface area contributed by atoms with Gasteiger partial charge in [0, 0.05) is 17.7 Å². The number of carbonyl (C=O) groups is 1. The maximum absolute atomic E-state index is 13.5. The minimum Gasteiger partial charge on any atom is -0.507 e. The van der Waals surface area contributed by atoms with E-state index in [0.29, 0.717) is 35.7 Å². The van der Waals surface area contributed by atoms with Crippen molar-refractivity contribution in [2.24, 2.45) is 0 Å². The van der Waals surface area contributed by atoms with Crippen LogP contribution in [0.3, 0.4) is 0 Å². The number of aromatic hydroxyl groups is 1. The van der Waals surface area contributed by atoms with Crippen molar-refractivity contribution >= 4 is 5.91 Å². The number of methoxy groups -OCH3 is 2. The zero-order valence-corrected chi connectivity index (χ0v) is 19.0. The van der Waals surface area contributed by atoms with E-state index in [0.717, 1.165) is 22.4 Å². The molecule has 5 rings (SSSR count). The molecule has 0 saturated heterocycles. The molecule has 2 heterocycles. The van der Waals surface area contributed by atoms with Gasteiger partial charge < -0.3 is 19.5 Å². The predicted octanol–water partition coefficient (Wildman–Crippen LogP) is 4.59. The number of para-hydroxylation sites is 1. The zero-order valence-electron chi connectivity index (χ0n) is 19.0. The van der Waals surface area contributed by atoms with Gasteiger partial charge in [-0.3, -0.25) is 9.89 Å². The molecule has 1 aromatic heterocycles. The molecule has 0 saturated carbocycles. The van der Waals surface area contributed by atoms with E-state index in [1.165, 1.54) is 0 Å². The van der Waals surface area contributed by atoms with Crippen LogP contribution in [0.2, 0.25) is 0 Å². The van der Waals surface area contributed by atoms with Gasteiger partial charge >= 0.3 is 0 Å². The van der Waals surface area contributed by atoms with E-state index in [4.69, 9.17) is 9.47 Å². The van der Waals surface area contributed by atoms with Crippen molar-refractivity contribution in [2.75, 3.05) is 20.8 Å². The molecule has 7 nitrogen and oxygen atoms in total. The molecule has 4 aromatic rings. The molecule has 3 aromatic carbocycles. The van der Waals surface area contributed by atoms with E-state index in [9.17, 15) is 9.90 Å². The quantitative estimate of drug-likeness (QED) is 0.426. The number of hydrogen-bond acceptors (Lipinski definition) is 5. The van der Waals surface area contributed by atoms with Gasteiger partial charge in [0.2, 0.25) is 0 Å². The number of hydrogen-bond donors (Lipinski definition) is 2. The number of benzene rings is 3. The van der Waals surface area contributed by atoms with Crippen molar-refractivity contribution in [3.63, 3.8) is 0 Å². The molecule has 0 bridgehead atoms. The van der Waals surface area contributed by atoms with Crippen molar-refractivity contribution in [1.29, 1.82) is 0 Å². The van der Waals surface area contributed by atoms with Crippen molar-refractivity contribution in [1.82, 2.24) is 15.1 Å². The van der Waals surface area contributed by atoms with Gasteiger partial charge in [0.15, 0.2) is 0 Å². The van der Waals surface area contributed by atoms with Crippen LogP contribution in [0, 0.1) is 0 Å². The van der Waals surface area contributed by atoms with Crippen LogP contribution in [0.4, 0.5) is 0 Å². The van der Waals surface area contributed by atoms with Crippen molar-refractivity contribution in [3.05, 3.63) is 95.2 Å². The Labute approximate surface area is 197 Å². The van der Waals surface area contributed by atoms with Crippen molar-refractivity contribution in [3.8, 4) is 28.5 Å². The normalized spacial score (nSPS) is 14.8. The maximum Gasteiger partial charge on any atom is 0.273 e. The van der Waals surface area contributed by atoms with Crippen LogP contribution in [-0.2, 0) is 6.42 Å². The Hall–Kier alpha value is -4.26. The number of ether oxygens (including phenoxy) is 2. The summed E-state index contributed by atoms with van der Waals surface area (Å²) < 4.78 is 10.7. The van der Waals surface area contributed by atoms with Gasteiger partial charge in [-0.15, -0.1) is 0 Å². The lowest BCUT2D eigenvalue weighted by molar-refractivity contribution is 0.0745. The van der Waals surface area contributed by atoms with Crippen LogP contribution in [-0.4, -0.2) is 46.9 Å². The first-order valence-corrected chi connectivity index (χ1v) is 11.0. The van der Waals surface area contributed by atoms with E-state index in [2.05, 4.69) is 10.2 Å². The Bertz CT molecular complexity index is 1330. The maximum atomic E-state index is 13.5. The summed E-state index contributed by atoms with van der Waals surface area (Å²) in [6.45, 7) is 0.510. The Morgan fingerprint density at radius 1 is 0.971 bits per heavy atom. The van der Waals surface area contributed by atoms with Crippen LogP contribution in [0.25, 0.3) is 11.3 Å². The minimum atomic E-state index is -0.371. The summed E-state index contributed by atoms with van der Waals surface area (Å²) in [6, 6.07) is 22.2. The Morgan fingerprint density at radius 2 is 1.74 bits per heavy atom. The molecular weight excluding hydrogens is 430 g/mol. The lowest BCUT2D eigenvalue weighted by Gasteiger charge is -2.27. The molecule has 172 valence electrons. The molecule has 0 aliphatic carbocycles. The molecule has 34 heavy (non-hydrogen) atoms. The lowest BCUT2D eigenvalue weighted by atomic mass is 9.95. The SMILES string of the molecule is COc1ccc(CCN2C(=O)c3[nH]nc(-c4ccccc4O)c3C2c2cccc(OC)c2)cc1. The number of fused-ring (bicyclic) bond motifs is 1. The first kappa shape index (κ1) is 21.6. The molecule has 1 amide bonds. The summed E-state index contributed by atoms with van der Waals surface area (Å²) in [5.41, 5.74) is 4.38. The van der Waals surface area contributed by atoms with Crippen LogP contribution in [0.1, 0.15) is 33.2 Å². The molecule has 1 atom stereocenters. The number of amides is 1. The van der Waals surface area contributed by atoms with Crippen molar-refractivity contribution in [2.45, 2.75) is 12.5 Å². The number of carbonyl (C=O) groups excluding carboxylic acids is 1. The van der Waals surface area contributed by atoms with Gasteiger partial charge in [-0.25, -0.2) is 0 Å². The average molecular weight is 456 g/mol. The number of aromatic amines is 1. The van der Waals surface area contributed by atoms with Gasteiger partial charge in [-0.1, -0.05) is 36.4 Å². The summed E-state index contributed by atoms with van der Waals surface area (Å²) >= 11 is 0. The van der Waals surface area contributed by atoms with Crippen LogP contribution in [0.5, 0.6) is 17.2 Å². The second-order valence-electron chi connectivity index (χ2n) is 8.15. The van der Waals surface area contributed by atoms with Crippen molar-refractivity contribution < 1.29 is 19.4 Å². The van der Waals surface area contributed by atoms with Crippen LogP contribution in [0.15, 0.2) is 72.8 Å². The molecule has 0 radical (unpaired) electrons. The number of aromatic nitrogens is 2. The van der Waals surface area contributed by atoms with E-state index >= 15 is 0 Å². The fraction of sp³-hybridized carbons (Fsp3) is 0.185. The molecular formula is C27H25N3O4. The molecule has 0 fully saturated rings. The van der Waals surface area contributed by atoms with Gasteiger partial charge in [0.1, 0.15) is 28.6 Å². The first-order valence-electron chi connectivity index (χ1n) is 11.0. The minimum absolute atomic E-state index is 0.116. The number of phenols is 1. The molecule has 1 aliphatic heterocycles. The lowest BCUT2D eigenvalue weighted by Crippen LogP contribution is -2.31. The summed E-state index contributed by atoms with van der Waals surface area (Å²) in [5, 5.41) is 17.9. The second-order valence-corrected chi connectivity index (χ2v) is 8.15. The summed E-state index contributed by atoms with van der Waals surface area (Å²) in [4.78, 5) is 15.4. The third kappa shape index (κ3) is 3.75. The summed E-state index contributed by atoms with van der Waals surface area (Å²) in [6.07, 6.45) is 0.680. The Kier molecular flexibility index (Phi) is 5.67. The number of H-pyrrole nitrogens is 1. The largest absolute Gasteiger partial charge is 0.507 e. The Balaban J connectivity index is 1.56. The third-order valence-electron chi connectivity index (χ3n) is 6.23. The topological polar surface area (TPSA) is 87.7 Å². The highest BCUT2D eigenvalue weighted by Crippen LogP contribution is 2.44. The van der Waals surface area contributed by atoms with E-state index in [1.807, 2.05) is 59.5 Å². The molecule has 7 heteroatoms. The monoisotopic (exact) mass is 455 g/mol. The van der Waals surface area contributed by atoms with Gasteiger partial charge in [-0.05, 0) is 53.9 Å². The molecule has 0 spiro atoms. The molecule has 1 unspecified atom stereocenters. The fourth-order valence-electron chi connectivity index (χ4n) is 4.51. The standard InChI is InChI=1S/C27H25N3O4/c1-33-19-12-10-17(11-13-19)14-15-30-26(18-6-5-7-20(16-18)34-2)23-24(28-29-25(23)27(30)32)21-8-3-4-9-22(21)31/h3-13,16,26,31H,14-15H2,1-2H3,(H,28,29). The summed E-state index contributed by atoms with van der Waals surface area (Å²) in [7, 11) is 3.26. The van der Waals surface area contributed by atoms with Gasteiger partial charge in [0.05, 0.1) is 20.3 Å². The van der Waals surface area contributed by atoms with E-state index < -0.39 is 0 Å². The van der Waals surface area contributed by atoms with Crippen LogP contribution < -0.4 is 9.47 Å². The zero-order chi connectivity index (χ0) is 23.7. The molecule has 1 aliphatic rings. The predicted molar refractivity (Wildman–Crippen MR) is 128 cm³/mol. The fourth-order valence-corrected chi connectivity index (χ4v) is 4.51. The second kappa shape index (κ2) is 8.94. The number of phenolic OH excluding ortho intramolecular Hbond substituents is 1. The average Bonchev–Trinajstić information content (AvgIpc) is 3.42. The highest BCUT2D eigenvalue weighted by Gasteiger charge is 2.42. The van der Waals surface area contributed by atoms with E-state index in [-0.39, 0.29) is 17.7 Å². The number of nitrogens with zero attached hydrogens (tertiary/aromatic N) is 2. The van der Waals surface area contributed by atoms with E-state index in [1.54, 1.807) is 32.4 Å². The van der Waals surface area contributed by atoms with Gasteiger partial charge in [0.25, 0.3) is 5.91 Å². The third-order valence-corrected chi connectivity index (χ3v) is 6.23. The number of rotatable bonds is 7. The van der Waals surface area contributed by atoms with Gasteiger partial charge in [-0.2, -0.15) is 5.10 Å². The molecule has 2 N–H and O–H groups in total. The highest BCUT2D eigenvalue weighted by atomic mass is 16.5. The van der Waals surface area contributed by atoms with Crippen LogP contribution >= 0.6 is 0 Å². The summed E-state index contributed by atoms with van der Waals surface area (Å²) in [5.74, 6) is 1.50. The number of nitrogens with one attached hydrogen (secondary N) is 1. The smallest absolute Gasteiger partial charge is 0.273 e.